The van der Waals surface area contributed by atoms with Crippen LogP contribution in [0.1, 0.15) is 45.1 Å². The Kier molecular flexibility index (Phi) is 5.05. The van der Waals surface area contributed by atoms with Crippen LogP contribution in [0.25, 0.3) is 0 Å². The number of urea groups is 1. The number of carbonyl (C=O) groups is 1. The van der Waals surface area contributed by atoms with Crippen molar-refractivity contribution in [1.29, 1.82) is 0 Å². The highest BCUT2D eigenvalue weighted by molar-refractivity contribution is 7.08. The lowest BCUT2D eigenvalue weighted by molar-refractivity contribution is 0.0596. The Bertz CT molecular complexity index is 431. The van der Waals surface area contributed by atoms with Gasteiger partial charge < -0.3 is 15.7 Å². The van der Waals surface area contributed by atoms with E-state index in [9.17, 15) is 9.90 Å². The van der Waals surface area contributed by atoms with Gasteiger partial charge in [-0.05, 0) is 48.1 Å². The standard InChI is InChI=1S/C15H24N2O2S/c1-11-4-3-5-13(8-11)17-14(18)16-10-15(2,19)12-6-7-20-9-12/h6-7,9,11,13,19H,3-5,8,10H2,1-2H3,(H2,16,17,18). The van der Waals surface area contributed by atoms with Crippen molar-refractivity contribution in [2.24, 2.45) is 5.92 Å². The van der Waals surface area contributed by atoms with E-state index >= 15 is 0 Å². The quantitative estimate of drug-likeness (QED) is 0.800. The summed E-state index contributed by atoms with van der Waals surface area (Å²) in [6, 6.07) is 1.97. The highest BCUT2D eigenvalue weighted by atomic mass is 32.1. The third-order valence-corrected chi connectivity index (χ3v) is 4.69. The van der Waals surface area contributed by atoms with E-state index in [1.807, 2.05) is 16.8 Å². The molecule has 3 unspecified atom stereocenters. The van der Waals surface area contributed by atoms with Crippen LogP contribution in [-0.2, 0) is 5.60 Å². The Morgan fingerprint density at radius 1 is 1.55 bits per heavy atom. The van der Waals surface area contributed by atoms with Crippen LogP contribution in [0.15, 0.2) is 16.8 Å². The topological polar surface area (TPSA) is 61.4 Å². The van der Waals surface area contributed by atoms with Crippen molar-refractivity contribution in [1.82, 2.24) is 10.6 Å². The van der Waals surface area contributed by atoms with E-state index in [4.69, 9.17) is 0 Å². The number of rotatable bonds is 4. The summed E-state index contributed by atoms with van der Waals surface area (Å²) in [5.41, 5.74) is -0.175. The molecular weight excluding hydrogens is 272 g/mol. The van der Waals surface area contributed by atoms with Gasteiger partial charge in [0, 0.05) is 6.04 Å². The number of aliphatic hydroxyl groups is 1. The lowest BCUT2D eigenvalue weighted by Gasteiger charge is -2.28. The van der Waals surface area contributed by atoms with Gasteiger partial charge in [-0.15, -0.1) is 0 Å². The van der Waals surface area contributed by atoms with E-state index in [1.54, 1.807) is 18.3 Å². The van der Waals surface area contributed by atoms with Gasteiger partial charge in [0.05, 0.1) is 6.54 Å². The molecule has 0 aliphatic heterocycles. The molecule has 4 nitrogen and oxygen atoms in total. The van der Waals surface area contributed by atoms with Crippen molar-refractivity contribution < 1.29 is 9.90 Å². The van der Waals surface area contributed by atoms with Crippen LogP contribution in [0.2, 0.25) is 0 Å². The maximum atomic E-state index is 11.9. The molecule has 0 spiro atoms. The maximum absolute atomic E-state index is 11.9. The van der Waals surface area contributed by atoms with Crippen molar-refractivity contribution in [3.05, 3.63) is 22.4 Å². The first-order valence-electron chi connectivity index (χ1n) is 7.27. The molecule has 1 saturated carbocycles. The summed E-state index contributed by atoms with van der Waals surface area (Å²) in [5.74, 6) is 0.683. The predicted molar refractivity (Wildman–Crippen MR) is 81.8 cm³/mol. The number of amides is 2. The van der Waals surface area contributed by atoms with Crippen molar-refractivity contribution >= 4 is 17.4 Å². The van der Waals surface area contributed by atoms with Crippen LogP contribution >= 0.6 is 11.3 Å². The minimum Gasteiger partial charge on any atom is -0.384 e. The van der Waals surface area contributed by atoms with Gasteiger partial charge >= 0.3 is 6.03 Å². The molecule has 2 amide bonds. The molecule has 5 heteroatoms. The SMILES string of the molecule is CC1CCCC(NC(=O)NCC(C)(O)c2ccsc2)C1. The van der Waals surface area contributed by atoms with Gasteiger partial charge in [-0.25, -0.2) is 4.79 Å². The molecule has 0 bridgehead atoms. The molecule has 1 aromatic rings. The Morgan fingerprint density at radius 3 is 3.00 bits per heavy atom. The molecular formula is C15H24N2O2S. The predicted octanol–water partition coefficient (Wildman–Crippen LogP) is 2.83. The number of hydrogen-bond donors (Lipinski definition) is 3. The molecule has 2 rings (SSSR count). The first-order chi connectivity index (χ1) is 9.47. The normalized spacial score (nSPS) is 25.8. The van der Waals surface area contributed by atoms with Gasteiger partial charge in [0.1, 0.15) is 5.60 Å². The van der Waals surface area contributed by atoms with E-state index in [-0.39, 0.29) is 18.6 Å². The lowest BCUT2D eigenvalue weighted by atomic mass is 9.87. The van der Waals surface area contributed by atoms with E-state index in [1.165, 1.54) is 12.8 Å². The number of thiophene rings is 1. The fraction of sp³-hybridized carbons (Fsp3) is 0.667. The molecule has 1 fully saturated rings. The lowest BCUT2D eigenvalue weighted by Crippen LogP contribution is -2.47. The molecule has 0 aromatic carbocycles. The molecule has 3 N–H and O–H groups in total. The summed E-state index contributed by atoms with van der Waals surface area (Å²) >= 11 is 1.54. The molecule has 3 atom stereocenters. The largest absolute Gasteiger partial charge is 0.384 e. The van der Waals surface area contributed by atoms with E-state index < -0.39 is 5.60 Å². The van der Waals surface area contributed by atoms with E-state index in [0.29, 0.717) is 5.92 Å². The van der Waals surface area contributed by atoms with Crippen LogP contribution in [0, 0.1) is 5.92 Å². The average molecular weight is 296 g/mol. The number of carbonyl (C=O) groups excluding carboxylic acids is 1. The molecule has 20 heavy (non-hydrogen) atoms. The Morgan fingerprint density at radius 2 is 2.35 bits per heavy atom. The number of nitrogens with one attached hydrogen (secondary N) is 2. The molecule has 1 aliphatic carbocycles. The van der Waals surface area contributed by atoms with Crippen molar-refractivity contribution in [2.75, 3.05) is 6.54 Å². The van der Waals surface area contributed by atoms with Crippen LogP contribution < -0.4 is 10.6 Å². The second-order valence-corrected chi connectivity index (χ2v) is 6.86. The van der Waals surface area contributed by atoms with Crippen LogP contribution in [0.4, 0.5) is 4.79 Å². The van der Waals surface area contributed by atoms with E-state index in [2.05, 4.69) is 17.6 Å². The van der Waals surface area contributed by atoms with Crippen LogP contribution in [0.5, 0.6) is 0 Å². The second kappa shape index (κ2) is 6.59. The molecule has 1 aliphatic rings. The maximum Gasteiger partial charge on any atom is 0.315 e. The Labute approximate surface area is 124 Å². The fourth-order valence-electron chi connectivity index (χ4n) is 2.73. The zero-order valence-electron chi connectivity index (χ0n) is 12.2. The molecule has 0 saturated heterocycles. The summed E-state index contributed by atoms with van der Waals surface area (Å²) in [4.78, 5) is 11.9. The van der Waals surface area contributed by atoms with Crippen molar-refractivity contribution in [3.8, 4) is 0 Å². The van der Waals surface area contributed by atoms with Gasteiger partial charge in [0.2, 0.25) is 0 Å². The third kappa shape index (κ3) is 4.21. The summed E-state index contributed by atoms with van der Waals surface area (Å²) in [6.45, 7) is 4.17. The highest BCUT2D eigenvalue weighted by Crippen LogP contribution is 2.24. The van der Waals surface area contributed by atoms with Crippen LogP contribution in [-0.4, -0.2) is 23.7 Å². The van der Waals surface area contributed by atoms with Gasteiger partial charge in [-0.3, -0.25) is 0 Å². The molecule has 0 radical (unpaired) electrons. The first kappa shape index (κ1) is 15.3. The van der Waals surface area contributed by atoms with Gasteiger partial charge in [0.15, 0.2) is 0 Å². The Hall–Kier alpha value is -1.07. The highest BCUT2D eigenvalue weighted by Gasteiger charge is 2.25. The summed E-state index contributed by atoms with van der Waals surface area (Å²) < 4.78 is 0. The monoisotopic (exact) mass is 296 g/mol. The van der Waals surface area contributed by atoms with E-state index in [0.717, 1.165) is 18.4 Å². The fourth-order valence-corrected chi connectivity index (χ4v) is 3.51. The second-order valence-electron chi connectivity index (χ2n) is 6.08. The third-order valence-electron chi connectivity index (χ3n) is 4.01. The van der Waals surface area contributed by atoms with Crippen molar-refractivity contribution in [3.63, 3.8) is 0 Å². The minimum atomic E-state index is -1.02. The van der Waals surface area contributed by atoms with Gasteiger partial charge in [-0.2, -0.15) is 11.3 Å². The molecule has 1 heterocycles. The van der Waals surface area contributed by atoms with Crippen LogP contribution in [0.3, 0.4) is 0 Å². The number of hydrogen-bond acceptors (Lipinski definition) is 3. The Balaban J connectivity index is 1.77. The summed E-state index contributed by atoms with van der Waals surface area (Å²) in [5, 5.41) is 20.0. The van der Waals surface area contributed by atoms with Gasteiger partial charge in [0.25, 0.3) is 0 Å². The molecule has 112 valence electrons. The van der Waals surface area contributed by atoms with Gasteiger partial charge in [-0.1, -0.05) is 19.8 Å². The zero-order valence-corrected chi connectivity index (χ0v) is 13.0. The summed E-state index contributed by atoms with van der Waals surface area (Å²) in [7, 11) is 0. The average Bonchev–Trinajstić information content (AvgIpc) is 2.91. The minimum absolute atomic E-state index is 0.181. The summed E-state index contributed by atoms with van der Waals surface area (Å²) in [6.07, 6.45) is 4.54. The zero-order chi connectivity index (χ0) is 14.6. The van der Waals surface area contributed by atoms with Crippen molar-refractivity contribution in [2.45, 2.75) is 51.2 Å². The molecule has 1 aromatic heterocycles. The first-order valence-corrected chi connectivity index (χ1v) is 8.21. The smallest absolute Gasteiger partial charge is 0.315 e.